The van der Waals surface area contributed by atoms with Crippen molar-refractivity contribution in [2.24, 2.45) is 5.92 Å². The highest BCUT2D eigenvalue weighted by molar-refractivity contribution is 4.73. The van der Waals surface area contributed by atoms with Gasteiger partial charge >= 0.3 is 0 Å². The molecule has 1 fully saturated rings. The molecule has 0 radical (unpaired) electrons. The van der Waals surface area contributed by atoms with Crippen molar-refractivity contribution in [2.45, 2.75) is 25.3 Å². The SMILES string of the molecule is CNC(CO)CCN(C)CC1CCN(C)CC1. The molecule has 1 atom stereocenters. The number of aliphatic hydroxyl groups excluding tert-OH is 1. The van der Waals surface area contributed by atoms with Crippen molar-refractivity contribution in [3.8, 4) is 0 Å². The summed E-state index contributed by atoms with van der Waals surface area (Å²) in [4.78, 5) is 4.83. The van der Waals surface area contributed by atoms with Crippen molar-refractivity contribution in [1.29, 1.82) is 0 Å². The Kier molecular flexibility index (Phi) is 7.04. The van der Waals surface area contributed by atoms with Gasteiger partial charge in [0.1, 0.15) is 0 Å². The minimum absolute atomic E-state index is 0.235. The molecule has 0 aromatic carbocycles. The quantitative estimate of drug-likeness (QED) is 0.671. The number of hydrogen-bond donors (Lipinski definition) is 2. The average Bonchev–Trinajstić information content (AvgIpc) is 2.33. The molecule has 4 heteroatoms. The van der Waals surface area contributed by atoms with Crippen LogP contribution in [0.5, 0.6) is 0 Å². The predicted octanol–water partition coefficient (Wildman–Crippen LogP) is 0.230. The van der Waals surface area contributed by atoms with Crippen LogP contribution in [0.4, 0.5) is 0 Å². The van der Waals surface area contributed by atoms with Gasteiger partial charge in [0.05, 0.1) is 6.61 Å². The number of hydrogen-bond acceptors (Lipinski definition) is 4. The van der Waals surface area contributed by atoms with Crippen molar-refractivity contribution in [3.05, 3.63) is 0 Å². The third-order valence-corrected chi connectivity index (χ3v) is 3.90. The molecule has 4 nitrogen and oxygen atoms in total. The Hall–Kier alpha value is -0.160. The lowest BCUT2D eigenvalue weighted by Crippen LogP contribution is -2.38. The number of nitrogens with zero attached hydrogens (tertiary/aromatic N) is 2. The minimum atomic E-state index is 0.235. The average molecular weight is 243 g/mol. The second-order valence-electron chi connectivity index (χ2n) is 5.47. The summed E-state index contributed by atoms with van der Waals surface area (Å²) in [6.07, 6.45) is 3.68. The molecule has 0 bridgehead atoms. The Labute approximate surface area is 106 Å². The van der Waals surface area contributed by atoms with Crippen LogP contribution in [0.1, 0.15) is 19.3 Å². The largest absolute Gasteiger partial charge is 0.395 e. The van der Waals surface area contributed by atoms with Crippen LogP contribution in [0.15, 0.2) is 0 Å². The second kappa shape index (κ2) is 8.03. The zero-order valence-corrected chi connectivity index (χ0v) is 11.7. The predicted molar refractivity (Wildman–Crippen MR) is 72.3 cm³/mol. The van der Waals surface area contributed by atoms with Gasteiger partial charge < -0.3 is 20.2 Å². The fourth-order valence-electron chi connectivity index (χ4n) is 2.48. The first-order valence-electron chi connectivity index (χ1n) is 6.81. The lowest BCUT2D eigenvalue weighted by Gasteiger charge is -2.32. The van der Waals surface area contributed by atoms with E-state index in [2.05, 4.69) is 29.2 Å². The molecular formula is C13H29N3O. The van der Waals surface area contributed by atoms with Crippen LogP contribution in [0.3, 0.4) is 0 Å². The topological polar surface area (TPSA) is 38.7 Å². The van der Waals surface area contributed by atoms with E-state index in [-0.39, 0.29) is 12.6 Å². The van der Waals surface area contributed by atoms with E-state index in [1.54, 1.807) is 0 Å². The number of piperidine rings is 1. The van der Waals surface area contributed by atoms with Gasteiger partial charge in [0, 0.05) is 12.6 Å². The van der Waals surface area contributed by atoms with E-state index in [4.69, 9.17) is 5.11 Å². The van der Waals surface area contributed by atoms with Crippen molar-refractivity contribution >= 4 is 0 Å². The highest BCUT2D eigenvalue weighted by Gasteiger charge is 2.18. The van der Waals surface area contributed by atoms with E-state index >= 15 is 0 Å². The molecule has 0 amide bonds. The normalized spacial score (nSPS) is 21.0. The highest BCUT2D eigenvalue weighted by atomic mass is 16.3. The fourth-order valence-corrected chi connectivity index (χ4v) is 2.48. The monoisotopic (exact) mass is 243 g/mol. The Morgan fingerprint density at radius 2 is 2.06 bits per heavy atom. The molecule has 1 unspecified atom stereocenters. The number of nitrogens with one attached hydrogen (secondary N) is 1. The van der Waals surface area contributed by atoms with Gasteiger partial charge in [0.2, 0.25) is 0 Å². The third-order valence-electron chi connectivity index (χ3n) is 3.90. The van der Waals surface area contributed by atoms with Crippen LogP contribution in [0.2, 0.25) is 0 Å². The first-order chi connectivity index (χ1) is 8.15. The van der Waals surface area contributed by atoms with Gasteiger partial charge in [0.25, 0.3) is 0 Å². The van der Waals surface area contributed by atoms with Gasteiger partial charge in [-0.2, -0.15) is 0 Å². The van der Waals surface area contributed by atoms with E-state index in [1.165, 1.54) is 32.5 Å². The lowest BCUT2D eigenvalue weighted by atomic mass is 9.96. The number of rotatable bonds is 7. The van der Waals surface area contributed by atoms with Gasteiger partial charge in [-0.1, -0.05) is 0 Å². The van der Waals surface area contributed by atoms with E-state index in [1.807, 2.05) is 7.05 Å². The zero-order valence-electron chi connectivity index (χ0n) is 11.7. The summed E-state index contributed by atoms with van der Waals surface area (Å²) in [5.41, 5.74) is 0. The summed E-state index contributed by atoms with van der Waals surface area (Å²) in [6, 6.07) is 0.245. The van der Waals surface area contributed by atoms with Gasteiger partial charge in [-0.15, -0.1) is 0 Å². The molecule has 1 rings (SSSR count). The number of likely N-dealkylation sites (tertiary alicyclic amines) is 1. The van der Waals surface area contributed by atoms with Crippen LogP contribution in [0, 0.1) is 5.92 Å². The summed E-state index contributed by atoms with van der Waals surface area (Å²) < 4.78 is 0. The molecule has 0 saturated carbocycles. The van der Waals surface area contributed by atoms with Crippen LogP contribution >= 0.6 is 0 Å². The van der Waals surface area contributed by atoms with Gasteiger partial charge in [-0.25, -0.2) is 0 Å². The Morgan fingerprint density at radius 3 is 2.59 bits per heavy atom. The molecule has 17 heavy (non-hydrogen) atoms. The van der Waals surface area contributed by atoms with Crippen molar-refractivity contribution < 1.29 is 5.11 Å². The molecule has 102 valence electrons. The zero-order chi connectivity index (χ0) is 12.7. The minimum Gasteiger partial charge on any atom is -0.395 e. The molecule has 1 aliphatic heterocycles. The molecule has 1 heterocycles. The third kappa shape index (κ3) is 5.82. The van der Waals surface area contributed by atoms with E-state index in [9.17, 15) is 0 Å². The highest BCUT2D eigenvalue weighted by Crippen LogP contribution is 2.16. The van der Waals surface area contributed by atoms with Gasteiger partial charge in [-0.3, -0.25) is 0 Å². The smallest absolute Gasteiger partial charge is 0.0585 e. The van der Waals surface area contributed by atoms with Crippen LogP contribution in [-0.2, 0) is 0 Å². The number of likely N-dealkylation sites (N-methyl/N-ethyl adjacent to an activating group) is 1. The summed E-state index contributed by atoms with van der Waals surface area (Å²) in [5, 5.41) is 12.2. The molecule has 2 N–H and O–H groups in total. The second-order valence-corrected chi connectivity index (χ2v) is 5.47. The van der Waals surface area contributed by atoms with Crippen molar-refractivity contribution in [1.82, 2.24) is 15.1 Å². The Bertz CT molecular complexity index is 189. The molecule has 0 aromatic rings. The molecule has 0 aliphatic carbocycles. The first-order valence-corrected chi connectivity index (χ1v) is 6.81. The maximum Gasteiger partial charge on any atom is 0.0585 e. The van der Waals surface area contributed by atoms with Gasteiger partial charge in [-0.05, 0) is 66.0 Å². The fraction of sp³-hybridized carbons (Fsp3) is 1.00. The van der Waals surface area contributed by atoms with E-state index in [0.29, 0.717) is 0 Å². The number of aliphatic hydroxyl groups is 1. The first kappa shape index (κ1) is 14.9. The summed E-state index contributed by atoms with van der Waals surface area (Å²) >= 11 is 0. The Morgan fingerprint density at radius 1 is 1.41 bits per heavy atom. The molecular weight excluding hydrogens is 214 g/mol. The van der Waals surface area contributed by atoms with E-state index < -0.39 is 0 Å². The van der Waals surface area contributed by atoms with Crippen LogP contribution < -0.4 is 5.32 Å². The summed E-state index contributed by atoms with van der Waals surface area (Å²) in [6.45, 7) is 5.00. The van der Waals surface area contributed by atoms with E-state index in [0.717, 1.165) is 18.9 Å². The van der Waals surface area contributed by atoms with Crippen LogP contribution in [-0.4, -0.2) is 74.9 Å². The molecule has 1 saturated heterocycles. The van der Waals surface area contributed by atoms with Crippen molar-refractivity contribution in [3.63, 3.8) is 0 Å². The standard InChI is InChI=1S/C13H29N3O/c1-14-13(11-17)6-9-16(3)10-12-4-7-15(2)8-5-12/h12-14,17H,4-11H2,1-3H3. The van der Waals surface area contributed by atoms with Gasteiger partial charge in [0.15, 0.2) is 0 Å². The lowest BCUT2D eigenvalue weighted by molar-refractivity contribution is 0.167. The summed E-state index contributed by atoms with van der Waals surface area (Å²) in [5.74, 6) is 0.860. The van der Waals surface area contributed by atoms with Crippen LogP contribution in [0.25, 0.3) is 0 Å². The Balaban J connectivity index is 2.14. The molecule has 0 aromatic heterocycles. The maximum atomic E-state index is 9.10. The summed E-state index contributed by atoms with van der Waals surface area (Å²) in [7, 11) is 6.32. The van der Waals surface area contributed by atoms with Crippen molar-refractivity contribution in [2.75, 3.05) is 53.9 Å². The maximum absolute atomic E-state index is 9.10. The molecule has 1 aliphatic rings. The molecule has 0 spiro atoms.